The standard InChI is InChI=1S/C22H39NO3/c1-4-25-22(3,26-5-2)23-18-12-6-7-13-19-24-20-14-11-17-21-15-9-8-10-16-21/h8-10,15-16,23H,4-7,11-14,17-20H2,1-3H3. The third-order valence-electron chi connectivity index (χ3n) is 4.35. The molecule has 150 valence electrons. The van der Waals surface area contributed by atoms with Crippen molar-refractivity contribution in [2.75, 3.05) is 33.0 Å². The molecule has 0 saturated heterocycles. The van der Waals surface area contributed by atoms with Crippen molar-refractivity contribution in [1.82, 2.24) is 5.32 Å². The van der Waals surface area contributed by atoms with Crippen LogP contribution in [0.3, 0.4) is 0 Å². The SMILES string of the molecule is CCOC(C)(NCCCCCCOCCCCc1ccccc1)OCC. The zero-order valence-electron chi connectivity index (χ0n) is 17.1. The number of aryl methyl sites for hydroxylation is 1. The topological polar surface area (TPSA) is 39.7 Å². The van der Waals surface area contributed by atoms with Crippen LogP contribution in [-0.4, -0.2) is 38.9 Å². The normalized spacial score (nSPS) is 11.8. The van der Waals surface area contributed by atoms with Crippen LogP contribution in [-0.2, 0) is 20.6 Å². The Bertz CT molecular complexity index is 419. The van der Waals surface area contributed by atoms with Crippen LogP contribution in [0.25, 0.3) is 0 Å². The van der Waals surface area contributed by atoms with Crippen LogP contribution in [0.4, 0.5) is 0 Å². The van der Waals surface area contributed by atoms with Gasteiger partial charge < -0.3 is 14.2 Å². The fourth-order valence-electron chi connectivity index (χ4n) is 2.97. The molecule has 0 radical (unpaired) electrons. The Kier molecular flexibility index (Phi) is 13.5. The molecule has 0 bridgehead atoms. The number of unbranched alkanes of at least 4 members (excludes halogenated alkanes) is 4. The van der Waals surface area contributed by atoms with Gasteiger partial charge in [-0.1, -0.05) is 43.2 Å². The summed E-state index contributed by atoms with van der Waals surface area (Å²) in [5, 5.41) is 3.36. The molecule has 0 aromatic heterocycles. The predicted molar refractivity (Wildman–Crippen MR) is 108 cm³/mol. The summed E-state index contributed by atoms with van der Waals surface area (Å²) in [7, 11) is 0. The first kappa shape index (κ1) is 23.1. The van der Waals surface area contributed by atoms with Gasteiger partial charge in [0.15, 0.2) is 0 Å². The van der Waals surface area contributed by atoms with E-state index in [4.69, 9.17) is 14.2 Å². The summed E-state index contributed by atoms with van der Waals surface area (Å²) in [6.07, 6.45) is 8.20. The molecule has 0 spiro atoms. The minimum atomic E-state index is -0.646. The van der Waals surface area contributed by atoms with Crippen molar-refractivity contribution >= 4 is 0 Å². The number of hydrogen-bond acceptors (Lipinski definition) is 4. The van der Waals surface area contributed by atoms with Crippen molar-refractivity contribution in [1.29, 1.82) is 0 Å². The molecule has 1 aromatic rings. The van der Waals surface area contributed by atoms with Crippen molar-refractivity contribution in [3.8, 4) is 0 Å². The zero-order chi connectivity index (χ0) is 18.9. The molecular formula is C22H39NO3. The van der Waals surface area contributed by atoms with Crippen LogP contribution >= 0.6 is 0 Å². The lowest BCUT2D eigenvalue weighted by atomic mass is 10.1. The summed E-state index contributed by atoms with van der Waals surface area (Å²) in [4.78, 5) is 0. The first-order valence-corrected chi connectivity index (χ1v) is 10.3. The average molecular weight is 366 g/mol. The van der Waals surface area contributed by atoms with Crippen LogP contribution in [0.5, 0.6) is 0 Å². The van der Waals surface area contributed by atoms with E-state index in [2.05, 4.69) is 35.6 Å². The molecule has 4 heteroatoms. The second kappa shape index (κ2) is 15.2. The Morgan fingerprint density at radius 1 is 0.808 bits per heavy atom. The lowest BCUT2D eigenvalue weighted by Crippen LogP contribution is -2.47. The van der Waals surface area contributed by atoms with Gasteiger partial charge in [0.1, 0.15) is 0 Å². The van der Waals surface area contributed by atoms with Crippen molar-refractivity contribution in [2.45, 2.75) is 71.6 Å². The molecule has 26 heavy (non-hydrogen) atoms. The van der Waals surface area contributed by atoms with E-state index in [1.54, 1.807) is 0 Å². The summed E-state index contributed by atoms with van der Waals surface area (Å²) in [5.74, 6) is -0.646. The lowest BCUT2D eigenvalue weighted by molar-refractivity contribution is -0.240. The van der Waals surface area contributed by atoms with E-state index in [0.717, 1.165) is 45.4 Å². The molecule has 0 aliphatic carbocycles. The third kappa shape index (κ3) is 11.6. The van der Waals surface area contributed by atoms with E-state index in [0.29, 0.717) is 13.2 Å². The van der Waals surface area contributed by atoms with E-state index >= 15 is 0 Å². The third-order valence-corrected chi connectivity index (χ3v) is 4.35. The highest BCUT2D eigenvalue weighted by molar-refractivity contribution is 5.14. The van der Waals surface area contributed by atoms with Gasteiger partial charge in [-0.25, -0.2) is 0 Å². The maximum Gasteiger partial charge on any atom is 0.224 e. The van der Waals surface area contributed by atoms with E-state index in [9.17, 15) is 0 Å². The van der Waals surface area contributed by atoms with Gasteiger partial charge in [-0.2, -0.15) is 0 Å². The van der Waals surface area contributed by atoms with Gasteiger partial charge in [0.05, 0.1) is 0 Å². The second-order valence-electron chi connectivity index (χ2n) is 6.71. The van der Waals surface area contributed by atoms with Gasteiger partial charge in [0, 0.05) is 39.9 Å². The van der Waals surface area contributed by atoms with Crippen molar-refractivity contribution < 1.29 is 14.2 Å². The van der Waals surface area contributed by atoms with E-state index in [-0.39, 0.29) is 0 Å². The molecule has 1 rings (SSSR count). The van der Waals surface area contributed by atoms with Crippen LogP contribution < -0.4 is 5.32 Å². The summed E-state index contributed by atoms with van der Waals surface area (Å²) >= 11 is 0. The summed E-state index contributed by atoms with van der Waals surface area (Å²) in [5.41, 5.74) is 1.42. The van der Waals surface area contributed by atoms with Crippen LogP contribution in [0.15, 0.2) is 30.3 Å². The molecule has 0 saturated carbocycles. The Morgan fingerprint density at radius 3 is 2.08 bits per heavy atom. The Labute approximate surface area is 160 Å². The summed E-state index contributed by atoms with van der Waals surface area (Å²) < 4.78 is 17.0. The number of nitrogens with one attached hydrogen (secondary N) is 1. The fraction of sp³-hybridized carbons (Fsp3) is 0.727. The van der Waals surface area contributed by atoms with E-state index in [1.165, 1.54) is 24.8 Å². The minimum Gasteiger partial charge on any atom is -0.381 e. The monoisotopic (exact) mass is 365 g/mol. The zero-order valence-corrected chi connectivity index (χ0v) is 17.1. The van der Waals surface area contributed by atoms with Crippen molar-refractivity contribution in [2.24, 2.45) is 0 Å². The molecule has 1 aromatic carbocycles. The first-order chi connectivity index (χ1) is 12.7. The molecule has 0 heterocycles. The van der Waals surface area contributed by atoms with Gasteiger partial charge in [-0.05, 0) is 51.5 Å². The highest BCUT2D eigenvalue weighted by atomic mass is 16.7. The van der Waals surface area contributed by atoms with Gasteiger partial charge >= 0.3 is 0 Å². The van der Waals surface area contributed by atoms with Crippen molar-refractivity contribution in [3.63, 3.8) is 0 Å². The molecule has 4 nitrogen and oxygen atoms in total. The van der Waals surface area contributed by atoms with Gasteiger partial charge in [0.2, 0.25) is 5.91 Å². The molecule has 0 unspecified atom stereocenters. The van der Waals surface area contributed by atoms with E-state index in [1.807, 2.05) is 20.8 Å². The highest BCUT2D eigenvalue weighted by Crippen LogP contribution is 2.09. The predicted octanol–water partition coefficient (Wildman–Crippen LogP) is 4.92. The Balaban J connectivity index is 1.87. The van der Waals surface area contributed by atoms with Crippen LogP contribution in [0.2, 0.25) is 0 Å². The Hall–Kier alpha value is -0.940. The maximum absolute atomic E-state index is 5.74. The maximum atomic E-state index is 5.74. The van der Waals surface area contributed by atoms with Crippen LogP contribution in [0, 0.1) is 0 Å². The fourth-order valence-corrected chi connectivity index (χ4v) is 2.97. The molecule has 1 N–H and O–H groups in total. The largest absolute Gasteiger partial charge is 0.381 e. The minimum absolute atomic E-state index is 0.645. The quantitative estimate of drug-likeness (QED) is 0.314. The molecule has 0 fully saturated rings. The summed E-state index contributed by atoms with van der Waals surface area (Å²) in [6, 6.07) is 10.7. The summed E-state index contributed by atoms with van der Waals surface area (Å²) in [6.45, 7) is 9.89. The second-order valence-corrected chi connectivity index (χ2v) is 6.71. The number of rotatable bonds is 17. The smallest absolute Gasteiger partial charge is 0.224 e. The molecular weight excluding hydrogens is 326 g/mol. The van der Waals surface area contributed by atoms with Crippen LogP contribution in [0.1, 0.15) is 64.9 Å². The van der Waals surface area contributed by atoms with Gasteiger partial charge in [-0.3, -0.25) is 5.32 Å². The molecule has 0 amide bonds. The molecule has 0 aliphatic heterocycles. The number of hydrogen-bond donors (Lipinski definition) is 1. The lowest BCUT2D eigenvalue weighted by Gasteiger charge is -2.30. The van der Waals surface area contributed by atoms with Gasteiger partial charge in [0.25, 0.3) is 0 Å². The molecule has 0 aliphatic rings. The van der Waals surface area contributed by atoms with E-state index < -0.39 is 5.91 Å². The number of ether oxygens (including phenoxy) is 3. The highest BCUT2D eigenvalue weighted by Gasteiger charge is 2.23. The average Bonchev–Trinajstić information content (AvgIpc) is 2.64. The van der Waals surface area contributed by atoms with Crippen molar-refractivity contribution in [3.05, 3.63) is 35.9 Å². The number of benzene rings is 1. The first-order valence-electron chi connectivity index (χ1n) is 10.3. The Morgan fingerprint density at radius 2 is 1.42 bits per heavy atom. The van der Waals surface area contributed by atoms with Gasteiger partial charge in [-0.15, -0.1) is 0 Å². The molecule has 0 atom stereocenters.